The molecule has 0 saturated heterocycles. The molecule has 0 unspecified atom stereocenters. The Morgan fingerprint density at radius 2 is 2.12 bits per heavy atom. The summed E-state index contributed by atoms with van der Waals surface area (Å²) in [6, 6.07) is 5.77. The summed E-state index contributed by atoms with van der Waals surface area (Å²) in [5.74, 6) is 0.268. The van der Waals surface area contributed by atoms with Crippen molar-refractivity contribution < 1.29 is 14.3 Å². The van der Waals surface area contributed by atoms with Crippen LogP contribution < -0.4 is 5.32 Å². The van der Waals surface area contributed by atoms with E-state index in [1.165, 1.54) is 19.3 Å². The molecule has 0 spiro atoms. The number of rotatable bonds is 7. The Balaban J connectivity index is 1.42. The summed E-state index contributed by atoms with van der Waals surface area (Å²) >= 11 is 1.59. The Morgan fingerprint density at radius 1 is 1.29 bits per heavy atom. The lowest BCUT2D eigenvalue weighted by molar-refractivity contribution is 0.0651. The van der Waals surface area contributed by atoms with E-state index in [1.54, 1.807) is 37.7 Å². The average Bonchev–Trinajstić information content (AvgIpc) is 3.57. The minimum atomic E-state index is -0.761. The number of aromatic nitrogens is 3. The fraction of sp³-hybridized carbons (Fsp3) is 0.423. The smallest absolute Gasteiger partial charge is 0.275 e. The largest absolute Gasteiger partial charge is 0.472 e. The first kappa shape index (κ1) is 22.8. The van der Waals surface area contributed by atoms with Gasteiger partial charge in [0.15, 0.2) is 0 Å². The van der Waals surface area contributed by atoms with Crippen molar-refractivity contribution in [2.45, 2.75) is 70.4 Å². The second-order valence-electron chi connectivity index (χ2n) is 9.78. The Labute approximate surface area is 202 Å². The minimum absolute atomic E-state index is 0.211. The van der Waals surface area contributed by atoms with Crippen LogP contribution in [0.15, 0.2) is 46.7 Å². The number of furan rings is 1. The summed E-state index contributed by atoms with van der Waals surface area (Å²) in [7, 11) is 0. The maximum Gasteiger partial charge on any atom is 0.275 e. The number of hydrogen-bond donors (Lipinski definition) is 2. The van der Waals surface area contributed by atoms with Crippen LogP contribution in [0.1, 0.15) is 73.8 Å². The molecule has 3 heterocycles. The van der Waals surface area contributed by atoms with Crippen LogP contribution >= 0.6 is 11.3 Å². The molecule has 0 aliphatic heterocycles. The predicted octanol–water partition coefficient (Wildman–Crippen LogP) is 6.21. The van der Waals surface area contributed by atoms with E-state index in [0.717, 1.165) is 39.9 Å². The van der Waals surface area contributed by atoms with E-state index in [0.29, 0.717) is 30.3 Å². The molecule has 0 atom stereocenters. The molecule has 2 N–H and O–H groups in total. The third kappa shape index (κ3) is 5.08. The van der Waals surface area contributed by atoms with Crippen molar-refractivity contribution in [1.82, 2.24) is 14.8 Å². The molecule has 1 aromatic carbocycles. The van der Waals surface area contributed by atoms with Gasteiger partial charge in [-0.2, -0.15) is 5.10 Å². The zero-order chi connectivity index (χ0) is 23.7. The van der Waals surface area contributed by atoms with Gasteiger partial charge in [-0.3, -0.25) is 9.48 Å². The van der Waals surface area contributed by atoms with Crippen LogP contribution in [-0.2, 0) is 6.54 Å². The number of aryl methyl sites for hydroxylation is 1. The van der Waals surface area contributed by atoms with Gasteiger partial charge in [-0.1, -0.05) is 19.3 Å². The molecule has 1 fully saturated rings. The van der Waals surface area contributed by atoms with Gasteiger partial charge in [-0.25, -0.2) is 4.98 Å². The quantitative estimate of drug-likeness (QED) is 0.329. The van der Waals surface area contributed by atoms with Crippen molar-refractivity contribution >= 4 is 33.8 Å². The van der Waals surface area contributed by atoms with Crippen LogP contribution in [0.3, 0.4) is 0 Å². The summed E-state index contributed by atoms with van der Waals surface area (Å²) in [5, 5.41) is 21.7. The average molecular weight is 479 g/mol. The number of amides is 1. The van der Waals surface area contributed by atoms with E-state index in [-0.39, 0.29) is 5.91 Å². The summed E-state index contributed by atoms with van der Waals surface area (Å²) in [5.41, 5.74) is 2.91. The van der Waals surface area contributed by atoms with E-state index in [9.17, 15) is 9.90 Å². The Bertz CT molecular complexity index is 1280. The van der Waals surface area contributed by atoms with Crippen molar-refractivity contribution in [2.24, 2.45) is 0 Å². The summed E-state index contributed by atoms with van der Waals surface area (Å²) in [4.78, 5) is 17.8. The van der Waals surface area contributed by atoms with E-state index in [4.69, 9.17) is 4.42 Å². The highest BCUT2D eigenvalue weighted by molar-refractivity contribution is 7.10. The first-order valence-electron chi connectivity index (χ1n) is 11.9. The lowest BCUT2D eigenvalue weighted by Gasteiger charge is -2.18. The number of aliphatic hydroxyl groups is 1. The molecule has 1 amide bonds. The Morgan fingerprint density at radius 3 is 2.85 bits per heavy atom. The van der Waals surface area contributed by atoms with Gasteiger partial charge in [-0.05, 0) is 51.3 Å². The predicted molar refractivity (Wildman–Crippen MR) is 134 cm³/mol. The van der Waals surface area contributed by atoms with Gasteiger partial charge in [0.1, 0.15) is 5.69 Å². The van der Waals surface area contributed by atoms with Crippen LogP contribution in [0.25, 0.3) is 22.0 Å². The SMILES string of the molecule is CC(C)(O)CCn1cc2cc(NC(=O)c3csc(C4CCCCC4)n3)c(-c3ccoc3)cc2n1. The molecule has 0 bridgehead atoms. The van der Waals surface area contributed by atoms with Crippen LogP contribution in [0.5, 0.6) is 0 Å². The number of carbonyl (C=O) groups is 1. The van der Waals surface area contributed by atoms with E-state index >= 15 is 0 Å². The highest BCUT2D eigenvalue weighted by Crippen LogP contribution is 2.35. The molecule has 1 saturated carbocycles. The first-order chi connectivity index (χ1) is 16.4. The third-order valence-electron chi connectivity index (χ3n) is 6.43. The number of nitrogens with one attached hydrogen (secondary N) is 1. The van der Waals surface area contributed by atoms with E-state index in [2.05, 4.69) is 15.4 Å². The van der Waals surface area contributed by atoms with Crippen LogP contribution in [0, 0.1) is 0 Å². The van der Waals surface area contributed by atoms with Gasteiger partial charge in [0, 0.05) is 46.2 Å². The molecule has 3 aromatic heterocycles. The number of anilines is 1. The molecule has 7 nitrogen and oxygen atoms in total. The third-order valence-corrected chi connectivity index (χ3v) is 7.44. The number of thiazole rings is 1. The maximum atomic E-state index is 13.1. The van der Waals surface area contributed by atoms with Gasteiger partial charge in [0.05, 0.1) is 28.7 Å². The van der Waals surface area contributed by atoms with Gasteiger partial charge >= 0.3 is 0 Å². The van der Waals surface area contributed by atoms with Gasteiger partial charge < -0.3 is 14.8 Å². The van der Waals surface area contributed by atoms with Gasteiger partial charge in [0.2, 0.25) is 0 Å². The monoisotopic (exact) mass is 478 g/mol. The standard InChI is InChI=1S/C26H30N4O3S/c1-26(2,32)9-10-30-14-19-12-22(20(13-21(19)29-30)18-8-11-33-15-18)27-24(31)23-16-34-25(28-23)17-6-4-3-5-7-17/h8,11-17,32H,3-7,9-10H2,1-2H3,(H,27,31). The lowest BCUT2D eigenvalue weighted by atomic mass is 9.90. The van der Waals surface area contributed by atoms with Crippen molar-refractivity contribution in [3.63, 3.8) is 0 Å². The second-order valence-corrected chi connectivity index (χ2v) is 10.7. The van der Waals surface area contributed by atoms with Gasteiger partial charge in [0.25, 0.3) is 5.91 Å². The summed E-state index contributed by atoms with van der Waals surface area (Å²) in [6.45, 7) is 4.18. The number of nitrogens with zero attached hydrogens (tertiary/aromatic N) is 3. The zero-order valence-electron chi connectivity index (χ0n) is 19.6. The van der Waals surface area contributed by atoms with Crippen molar-refractivity contribution in [3.05, 3.63) is 53.0 Å². The highest BCUT2D eigenvalue weighted by Gasteiger charge is 2.22. The second kappa shape index (κ2) is 9.35. The number of benzene rings is 1. The maximum absolute atomic E-state index is 13.1. The highest BCUT2D eigenvalue weighted by atomic mass is 32.1. The molecular formula is C26H30N4O3S. The fourth-order valence-electron chi connectivity index (χ4n) is 4.50. The number of hydrogen-bond acceptors (Lipinski definition) is 6. The van der Waals surface area contributed by atoms with Crippen LogP contribution in [0.2, 0.25) is 0 Å². The fourth-order valence-corrected chi connectivity index (χ4v) is 5.47. The number of carbonyl (C=O) groups excluding carboxylic acids is 1. The summed E-state index contributed by atoms with van der Waals surface area (Å²) in [6.07, 6.45) is 11.9. The minimum Gasteiger partial charge on any atom is -0.472 e. The van der Waals surface area contributed by atoms with E-state index < -0.39 is 5.60 Å². The Kier molecular flexibility index (Phi) is 6.27. The molecule has 5 rings (SSSR count). The van der Waals surface area contributed by atoms with Crippen LogP contribution in [0.4, 0.5) is 5.69 Å². The molecule has 8 heteroatoms. The van der Waals surface area contributed by atoms with E-state index in [1.807, 2.05) is 34.5 Å². The van der Waals surface area contributed by atoms with Crippen molar-refractivity contribution in [3.8, 4) is 11.1 Å². The molecule has 1 aliphatic rings. The topological polar surface area (TPSA) is 93.2 Å². The van der Waals surface area contributed by atoms with Crippen molar-refractivity contribution in [1.29, 1.82) is 0 Å². The molecule has 4 aromatic rings. The molecule has 178 valence electrons. The summed E-state index contributed by atoms with van der Waals surface area (Å²) < 4.78 is 7.14. The molecular weight excluding hydrogens is 448 g/mol. The molecule has 0 radical (unpaired) electrons. The Hall–Kier alpha value is -2.97. The van der Waals surface area contributed by atoms with Crippen LogP contribution in [-0.4, -0.2) is 31.4 Å². The first-order valence-corrected chi connectivity index (χ1v) is 12.8. The van der Waals surface area contributed by atoms with Gasteiger partial charge in [-0.15, -0.1) is 11.3 Å². The molecule has 1 aliphatic carbocycles. The molecule has 34 heavy (non-hydrogen) atoms. The lowest BCUT2D eigenvalue weighted by Crippen LogP contribution is -2.21. The van der Waals surface area contributed by atoms with Crippen molar-refractivity contribution in [2.75, 3.05) is 5.32 Å². The normalized spacial score (nSPS) is 15.1. The number of fused-ring (bicyclic) bond motifs is 1. The zero-order valence-corrected chi connectivity index (χ0v) is 20.4.